The number of morpholine rings is 1. The predicted molar refractivity (Wildman–Crippen MR) is 113 cm³/mol. The Morgan fingerprint density at radius 2 is 1.78 bits per heavy atom. The number of hydrogen-bond acceptors (Lipinski definition) is 8. The number of rotatable bonds is 3. The van der Waals surface area contributed by atoms with Crippen molar-refractivity contribution in [2.75, 3.05) is 44.3 Å². The first-order chi connectivity index (χ1) is 15.1. The van der Waals surface area contributed by atoms with Crippen LogP contribution in [0, 0.1) is 13.8 Å². The number of anilines is 1. The minimum absolute atomic E-state index is 0.764. The first-order valence-electron chi connectivity index (χ1n) is 10.3. The Hall–Kier alpha value is -2.31. The molecule has 2 aromatic heterocycles. The fourth-order valence-electron chi connectivity index (χ4n) is 3.59. The molecule has 0 bridgehead atoms. The average molecular weight is 474 g/mol. The van der Waals surface area contributed by atoms with Crippen molar-refractivity contribution in [2.24, 2.45) is 0 Å². The number of alkyl halides is 3. The van der Waals surface area contributed by atoms with Crippen LogP contribution in [0.5, 0.6) is 0 Å². The van der Waals surface area contributed by atoms with Gasteiger partial charge in [-0.05, 0) is 25.8 Å². The van der Waals surface area contributed by atoms with Gasteiger partial charge in [0.15, 0.2) is 0 Å². The molecule has 0 aromatic carbocycles. The van der Waals surface area contributed by atoms with Crippen molar-refractivity contribution in [2.45, 2.75) is 39.4 Å². The van der Waals surface area contributed by atoms with Crippen LogP contribution >= 0.6 is 11.3 Å². The number of carboxylic acids is 1. The number of halogens is 3. The summed E-state index contributed by atoms with van der Waals surface area (Å²) in [6.45, 7) is 10.5. The lowest BCUT2D eigenvalue weighted by Gasteiger charge is -2.27. The Kier molecular flexibility index (Phi) is 8.01. The standard InChI is InChI=1S/C18H25N5OS.C2HF3O2/c1-13-16-3-5-22(11-15-12-25-14(2)20-15)6-4-17(16)21-18(19-13)23-7-9-24-10-8-23;3-2(4,5)1(6)7/h12H,3-11H2,1-2H3;(H,6,7). The van der Waals surface area contributed by atoms with Crippen molar-refractivity contribution in [1.29, 1.82) is 0 Å². The summed E-state index contributed by atoms with van der Waals surface area (Å²) in [6, 6.07) is 0. The van der Waals surface area contributed by atoms with E-state index in [2.05, 4.69) is 34.0 Å². The molecule has 2 aromatic rings. The lowest BCUT2D eigenvalue weighted by atomic mass is 10.1. The van der Waals surface area contributed by atoms with E-state index in [1.807, 2.05) is 0 Å². The molecule has 1 fully saturated rings. The van der Waals surface area contributed by atoms with Crippen molar-refractivity contribution in [3.05, 3.63) is 33.0 Å². The van der Waals surface area contributed by atoms with Crippen molar-refractivity contribution < 1.29 is 27.8 Å². The fourth-order valence-corrected chi connectivity index (χ4v) is 4.19. The van der Waals surface area contributed by atoms with Gasteiger partial charge in [0.05, 0.1) is 29.6 Å². The van der Waals surface area contributed by atoms with Crippen LogP contribution in [-0.2, 0) is 28.9 Å². The number of thiazole rings is 1. The maximum atomic E-state index is 10.6. The van der Waals surface area contributed by atoms with E-state index in [1.165, 1.54) is 17.0 Å². The van der Waals surface area contributed by atoms with Crippen LogP contribution in [0.1, 0.15) is 27.7 Å². The fraction of sp³-hybridized carbons (Fsp3) is 0.600. The van der Waals surface area contributed by atoms with E-state index in [9.17, 15) is 13.2 Å². The molecule has 8 nitrogen and oxygen atoms in total. The van der Waals surface area contributed by atoms with Crippen LogP contribution < -0.4 is 4.90 Å². The van der Waals surface area contributed by atoms with E-state index in [0.29, 0.717) is 0 Å². The third kappa shape index (κ3) is 6.59. The predicted octanol–water partition coefficient (Wildman–Crippen LogP) is 2.62. The topological polar surface area (TPSA) is 91.7 Å². The highest BCUT2D eigenvalue weighted by Crippen LogP contribution is 2.22. The Labute approximate surface area is 188 Å². The van der Waals surface area contributed by atoms with Gasteiger partial charge < -0.3 is 14.7 Å². The van der Waals surface area contributed by atoms with Crippen LogP contribution in [0.15, 0.2) is 5.38 Å². The smallest absolute Gasteiger partial charge is 0.475 e. The zero-order chi connectivity index (χ0) is 23.3. The van der Waals surface area contributed by atoms with Gasteiger partial charge in [0.25, 0.3) is 0 Å². The van der Waals surface area contributed by atoms with E-state index in [-0.39, 0.29) is 0 Å². The molecule has 12 heteroatoms. The lowest BCUT2D eigenvalue weighted by molar-refractivity contribution is -0.192. The Morgan fingerprint density at radius 1 is 1.12 bits per heavy atom. The maximum absolute atomic E-state index is 10.6. The van der Waals surface area contributed by atoms with Gasteiger partial charge in [-0.1, -0.05) is 0 Å². The molecule has 2 aliphatic rings. The van der Waals surface area contributed by atoms with E-state index < -0.39 is 12.1 Å². The van der Waals surface area contributed by atoms with Crippen molar-refractivity contribution in [3.63, 3.8) is 0 Å². The molecule has 0 unspecified atom stereocenters. The largest absolute Gasteiger partial charge is 0.490 e. The number of nitrogens with zero attached hydrogens (tertiary/aromatic N) is 5. The molecular formula is C20H26F3N5O3S. The molecule has 0 radical (unpaired) electrons. The summed E-state index contributed by atoms with van der Waals surface area (Å²) in [5, 5.41) is 10.4. The first kappa shape index (κ1) is 24.3. The highest BCUT2D eigenvalue weighted by Gasteiger charge is 2.38. The molecule has 0 amide bonds. The molecule has 4 rings (SSSR count). The van der Waals surface area contributed by atoms with Gasteiger partial charge >= 0.3 is 12.1 Å². The summed E-state index contributed by atoms with van der Waals surface area (Å²) in [4.78, 5) is 28.0. The molecule has 176 valence electrons. The number of carboxylic acid groups (broad SMARTS) is 1. The average Bonchev–Trinajstić information content (AvgIpc) is 3.03. The minimum Gasteiger partial charge on any atom is -0.475 e. The molecule has 2 aliphatic heterocycles. The van der Waals surface area contributed by atoms with Gasteiger partial charge in [0, 0.05) is 50.2 Å². The number of aryl methyl sites for hydroxylation is 2. The molecule has 0 aliphatic carbocycles. The van der Waals surface area contributed by atoms with Crippen LogP contribution in [0.4, 0.5) is 19.1 Å². The second-order valence-corrected chi connectivity index (χ2v) is 8.63. The highest BCUT2D eigenvalue weighted by molar-refractivity contribution is 7.09. The Morgan fingerprint density at radius 3 is 2.38 bits per heavy atom. The summed E-state index contributed by atoms with van der Waals surface area (Å²) < 4.78 is 37.2. The van der Waals surface area contributed by atoms with Gasteiger partial charge in [-0.25, -0.2) is 19.7 Å². The molecule has 0 atom stereocenters. The molecule has 0 saturated carbocycles. The monoisotopic (exact) mass is 473 g/mol. The lowest BCUT2D eigenvalue weighted by Crippen LogP contribution is -2.37. The second-order valence-electron chi connectivity index (χ2n) is 7.57. The van der Waals surface area contributed by atoms with Gasteiger partial charge in [0.2, 0.25) is 5.95 Å². The minimum atomic E-state index is -5.08. The third-order valence-corrected chi connectivity index (χ3v) is 6.04. The Balaban J connectivity index is 0.000000360. The van der Waals surface area contributed by atoms with E-state index in [1.54, 1.807) is 11.3 Å². The summed E-state index contributed by atoms with van der Waals surface area (Å²) in [7, 11) is 0. The summed E-state index contributed by atoms with van der Waals surface area (Å²) >= 11 is 1.73. The number of fused-ring (bicyclic) bond motifs is 1. The molecule has 4 heterocycles. The van der Waals surface area contributed by atoms with Gasteiger partial charge in [-0.15, -0.1) is 11.3 Å². The van der Waals surface area contributed by atoms with Gasteiger partial charge in [-0.3, -0.25) is 4.90 Å². The zero-order valence-electron chi connectivity index (χ0n) is 18.0. The third-order valence-electron chi connectivity index (χ3n) is 5.22. The summed E-state index contributed by atoms with van der Waals surface area (Å²) in [6.07, 6.45) is -3.08. The molecule has 0 spiro atoms. The SMILES string of the molecule is Cc1nc(CN2CCc3nc(N4CCOCC4)nc(C)c3CC2)cs1.O=C(O)C(F)(F)F. The van der Waals surface area contributed by atoms with Gasteiger partial charge in [-0.2, -0.15) is 13.2 Å². The number of ether oxygens (including phenoxy) is 1. The Bertz CT molecular complexity index is 932. The quantitative estimate of drug-likeness (QED) is 0.728. The highest BCUT2D eigenvalue weighted by atomic mass is 32.1. The maximum Gasteiger partial charge on any atom is 0.490 e. The van der Waals surface area contributed by atoms with Crippen LogP contribution in [-0.4, -0.2) is 76.5 Å². The molecular weight excluding hydrogens is 447 g/mol. The first-order valence-corrected chi connectivity index (χ1v) is 11.1. The number of aromatic nitrogens is 3. The van der Waals surface area contributed by atoms with Crippen molar-refractivity contribution >= 4 is 23.3 Å². The zero-order valence-corrected chi connectivity index (χ0v) is 18.8. The van der Waals surface area contributed by atoms with Gasteiger partial charge in [0.1, 0.15) is 0 Å². The summed E-state index contributed by atoms with van der Waals surface area (Å²) in [5.41, 5.74) is 4.89. The normalized spacial score (nSPS) is 17.2. The summed E-state index contributed by atoms with van der Waals surface area (Å²) in [5.74, 6) is -1.88. The number of carbonyl (C=O) groups is 1. The molecule has 1 N–H and O–H groups in total. The van der Waals surface area contributed by atoms with Crippen LogP contribution in [0.3, 0.4) is 0 Å². The molecule has 32 heavy (non-hydrogen) atoms. The van der Waals surface area contributed by atoms with E-state index >= 15 is 0 Å². The van der Waals surface area contributed by atoms with Crippen LogP contribution in [0.25, 0.3) is 0 Å². The van der Waals surface area contributed by atoms with Crippen molar-refractivity contribution in [3.8, 4) is 0 Å². The van der Waals surface area contributed by atoms with Crippen LogP contribution in [0.2, 0.25) is 0 Å². The molecule has 1 saturated heterocycles. The number of aliphatic carboxylic acids is 1. The second kappa shape index (κ2) is 10.5. The van der Waals surface area contributed by atoms with E-state index in [0.717, 1.165) is 75.4 Å². The van der Waals surface area contributed by atoms with Crippen molar-refractivity contribution in [1.82, 2.24) is 19.9 Å². The number of hydrogen-bond donors (Lipinski definition) is 1. The van der Waals surface area contributed by atoms with E-state index in [4.69, 9.17) is 24.6 Å².